The summed E-state index contributed by atoms with van der Waals surface area (Å²) in [7, 11) is 0. The maximum atomic E-state index is 6.03. The first kappa shape index (κ1) is 10.6. The van der Waals surface area contributed by atoms with E-state index in [0.29, 0.717) is 6.54 Å². The Bertz CT molecular complexity index is 271. The number of unbranched alkanes of at least 4 members (excludes halogenated alkanes) is 1. The van der Waals surface area contributed by atoms with Gasteiger partial charge in [0.05, 0.1) is 0 Å². The van der Waals surface area contributed by atoms with E-state index in [1.54, 1.807) is 0 Å². The average molecular weight is 198 g/mol. The molecule has 0 heterocycles. The first-order valence-corrected chi connectivity index (χ1v) is 5.13. The van der Waals surface area contributed by atoms with Gasteiger partial charge in [0.1, 0.15) is 0 Å². The second-order valence-corrected chi connectivity index (χ2v) is 3.64. The van der Waals surface area contributed by atoms with Crippen LogP contribution in [0, 0.1) is 0 Å². The van der Waals surface area contributed by atoms with Gasteiger partial charge in [-0.15, -0.1) is 0 Å². The molecule has 0 unspecified atom stereocenters. The van der Waals surface area contributed by atoms with E-state index in [9.17, 15) is 0 Å². The van der Waals surface area contributed by atoms with E-state index in [0.717, 1.165) is 17.0 Å². The Morgan fingerprint density at radius 2 is 2.15 bits per heavy atom. The van der Waals surface area contributed by atoms with E-state index >= 15 is 0 Å². The van der Waals surface area contributed by atoms with Gasteiger partial charge in [-0.2, -0.15) is 0 Å². The van der Waals surface area contributed by atoms with Crippen LogP contribution in [-0.4, -0.2) is 0 Å². The summed E-state index contributed by atoms with van der Waals surface area (Å²) < 4.78 is 0. The highest BCUT2D eigenvalue weighted by molar-refractivity contribution is 6.31. The average Bonchev–Trinajstić information content (AvgIpc) is 2.15. The van der Waals surface area contributed by atoms with Crippen molar-refractivity contribution < 1.29 is 0 Å². The van der Waals surface area contributed by atoms with Crippen molar-refractivity contribution in [3.05, 3.63) is 34.3 Å². The van der Waals surface area contributed by atoms with Crippen molar-refractivity contribution in [2.75, 3.05) is 0 Å². The van der Waals surface area contributed by atoms with Crippen LogP contribution < -0.4 is 5.73 Å². The zero-order valence-electron chi connectivity index (χ0n) is 8.02. The van der Waals surface area contributed by atoms with E-state index in [1.165, 1.54) is 18.4 Å². The molecule has 0 aliphatic carbocycles. The Hall–Kier alpha value is -0.530. The fourth-order valence-corrected chi connectivity index (χ4v) is 1.57. The van der Waals surface area contributed by atoms with Gasteiger partial charge in [-0.05, 0) is 30.0 Å². The maximum Gasteiger partial charge on any atom is 0.0453 e. The summed E-state index contributed by atoms with van der Waals surface area (Å²) in [6.07, 6.45) is 3.55. The van der Waals surface area contributed by atoms with Crippen LogP contribution in [-0.2, 0) is 13.0 Å². The summed E-state index contributed by atoms with van der Waals surface area (Å²) in [5.74, 6) is 0. The molecule has 2 heteroatoms. The number of aryl methyl sites for hydroxylation is 1. The van der Waals surface area contributed by atoms with Gasteiger partial charge in [-0.3, -0.25) is 0 Å². The Morgan fingerprint density at radius 3 is 2.69 bits per heavy atom. The molecule has 0 spiro atoms. The molecule has 0 aromatic heterocycles. The predicted octanol–water partition coefficient (Wildman–Crippen LogP) is 3.14. The molecule has 72 valence electrons. The minimum atomic E-state index is 0.521. The third kappa shape index (κ3) is 3.02. The molecule has 0 fully saturated rings. The topological polar surface area (TPSA) is 26.0 Å². The molecular formula is C11H16ClN. The lowest BCUT2D eigenvalue weighted by Gasteiger charge is -2.04. The standard InChI is InChI=1S/C11H16ClN/c1-2-3-4-9-5-6-10(8-13)11(12)7-9/h5-7H,2-4,8,13H2,1H3. The lowest BCUT2D eigenvalue weighted by molar-refractivity contribution is 0.794. The molecule has 0 atom stereocenters. The van der Waals surface area contributed by atoms with Gasteiger partial charge in [-0.25, -0.2) is 0 Å². The molecule has 0 saturated carbocycles. The summed E-state index contributed by atoms with van der Waals surface area (Å²) in [5, 5.41) is 0.802. The summed E-state index contributed by atoms with van der Waals surface area (Å²) in [6, 6.07) is 6.16. The second kappa shape index (κ2) is 5.25. The van der Waals surface area contributed by atoms with Crippen LogP contribution >= 0.6 is 11.6 Å². The van der Waals surface area contributed by atoms with Crippen molar-refractivity contribution in [2.24, 2.45) is 5.73 Å². The molecule has 0 bridgehead atoms. The molecular weight excluding hydrogens is 182 g/mol. The van der Waals surface area contributed by atoms with Gasteiger partial charge in [0.2, 0.25) is 0 Å². The largest absolute Gasteiger partial charge is 0.326 e. The molecule has 0 amide bonds. The predicted molar refractivity (Wildman–Crippen MR) is 58.0 cm³/mol. The van der Waals surface area contributed by atoms with Crippen LogP contribution in [0.3, 0.4) is 0 Å². The van der Waals surface area contributed by atoms with Crippen LogP contribution in [0.25, 0.3) is 0 Å². The molecule has 2 N–H and O–H groups in total. The lowest BCUT2D eigenvalue weighted by atomic mass is 10.1. The Kier molecular flexibility index (Phi) is 4.26. The third-order valence-corrected chi connectivity index (χ3v) is 2.51. The van der Waals surface area contributed by atoms with Gasteiger partial charge in [-0.1, -0.05) is 37.1 Å². The van der Waals surface area contributed by atoms with Gasteiger partial charge in [0, 0.05) is 11.6 Å². The second-order valence-electron chi connectivity index (χ2n) is 3.23. The highest BCUT2D eigenvalue weighted by Crippen LogP contribution is 2.18. The van der Waals surface area contributed by atoms with E-state index < -0.39 is 0 Å². The fraction of sp³-hybridized carbons (Fsp3) is 0.455. The first-order chi connectivity index (χ1) is 6.27. The van der Waals surface area contributed by atoms with Crippen molar-refractivity contribution in [1.29, 1.82) is 0 Å². The van der Waals surface area contributed by atoms with Crippen LogP contribution in [0.1, 0.15) is 30.9 Å². The highest BCUT2D eigenvalue weighted by atomic mass is 35.5. The lowest BCUT2D eigenvalue weighted by Crippen LogP contribution is -1.97. The summed E-state index contributed by atoms with van der Waals surface area (Å²) in [6.45, 7) is 2.71. The third-order valence-electron chi connectivity index (χ3n) is 2.16. The van der Waals surface area contributed by atoms with Gasteiger partial charge < -0.3 is 5.73 Å². The zero-order valence-corrected chi connectivity index (χ0v) is 8.77. The molecule has 1 nitrogen and oxygen atoms in total. The Balaban J connectivity index is 2.71. The Labute approximate surface area is 84.9 Å². The number of hydrogen-bond acceptors (Lipinski definition) is 1. The van der Waals surface area contributed by atoms with E-state index in [-0.39, 0.29) is 0 Å². The van der Waals surface area contributed by atoms with Crippen molar-refractivity contribution >= 4 is 11.6 Å². The summed E-state index contributed by atoms with van der Waals surface area (Å²) in [4.78, 5) is 0. The number of rotatable bonds is 4. The number of hydrogen-bond donors (Lipinski definition) is 1. The van der Waals surface area contributed by atoms with Crippen LogP contribution in [0.4, 0.5) is 0 Å². The van der Waals surface area contributed by atoms with Crippen LogP contribution in [0.2, 0.25) is 5.02 Å². The molecule has 0 saturated heterocycles. The van der Waals surface area contributed by atoms with Crippen LogP contribution in [0.5, 0.6) is 0 Å². The van der Waals surface area contributed by atoms with Gasteiger partial charge in [0.25, 0.3) is 0 Å². The van der Waals surface area contributed by atoms with Gasteiger partial charge in [0.15, 0.2) is 0 Å². The van der Waals surface area contributed by atoms with Crippen molar-refractivity contribution in [3.63, 3.8) is 0 Å². The van der Waals surface area contributed by atoms with Gasteiger partial charge >= 0.3 is 0 Å². The fourth-order valence-electron chi connectivity index (χ4n) is 1.29. The number of benzene rings is 1. The first-order valence-electron chi connectivity index (χ1n) is 4.75. The van der Waals surface area contributed by atoms with Crippen molar-refractivity contribution in [1.82, 2.24) is 0 Å². The molecule has 0 radical (unpaired) electrons. The molecule has 0 aliphatic heterocycles. The van der Waals surface area contributed by atoms with Crippen LogP contribution in [0.15, 0.2) is 18.2 Å². The highest BCUT2D eigenvalue weighted by Gasteiger charge is 1.99. The Morgan fingerprint density at radius 1 is 1.38 bits per heavy atom. The minimum absolute atomic E-state index is 0.521. The molecule has 13 heavy (non-hydrogen) atoms. The molecule has 1 rings (SSSR count). The molecule has 1 aromatic carbocycles. The van der Waals surface area contributed by atoms with Crippen molar-refractivity contribution in [2.45, 2.75) is 32.7 Å². The van der Waals surface area contributed by atoms with E-state index in [4.69, 9.17) is 17.3 Å². The summed E-state index contributed by atoms with van der Waals surface area (Å²) in [5.41, 5.74) is 7.86. The molecule has 0 aliphatic rings. The quantitative estimate of drug-likeness (QED) is 0.789. The van der Waals surface area contributed by atoms with E-state index in [1.807, 2.05) is 12.1 Å². The monoisotopic (exact) mass is 197 g/mol. The molecule has 1 aromatic rings. The normalized spacial score (nSPS) is 10.4. The summed E-state index contributed by atoms with van der Waals surface area (Å²) >= 11 is 6.03. The zero-order chi connectivity index (χ0) is 9.68. The number of halogens is 1. The smallest absolute Gasteiger partial charge is 0.0453 e. The SMILES string of the molecule is CCCCc1ccc(CN)c(Cl)c1. The minimum Gasteiger partial charge on any atom is -0.326 e. The number of nitrogens with two attached hydrogens (primary N) is 1. The maximum absolute atomic E-state index is 6.03. The van der Waals surface area contributed by atoms with E-state index in [2.05, 4.69) is 13.0 Å². The van der Waals surface area contributed by atoms with Crippen molar-refractivity contribution in [3.8, 4) is 0 Å².